The van der Waals surface area contributed by atoms with Crippen molar-refractivity contribution in [3.8, 4) is 11.5 Å². The number of carbonyl (C=O) groups excluding carboxylic acids is 1. The van der Waals surface area contributed by atoms with Gasteiger partial charge in [0.2, 0.25) is 0 Å². The van der Waals surface area contributed by atoms with Crippen LogP contribution in [0.4, 0.5) is 0 Å². The lowest BCUT2D eigenvalue weighted by Crippen LogP contribution is -2.07. The van der Waals surface area contributed by atoms with Gasteiger partial charge in [-0.2, -0.15) is 0 Å². The molecule has 18 heavy (non-hydrogen) atoms. The highest BCUT2D eigenvalue weighted by Crippen LogP contribution is 2.27. The van der Waals surface area contributed by atoms with E-state index in [4.69, 9.17) is 9.47 Å². The van der Waals surface area contributed by atoms with Crippen LogP contribution in [0.5, 0.6) is 11.5 Å². The molecule has 0 radical (unpaired) electrons. The van der Waals surface area contributed by atoms with Crippen molar-refractivity contribution in [1.29, 1.82) is 0 Å². The molecule has 0 unspecified atom stereocenters. The van der Waals surface area contributed by atoms with E-state index in [-0.39, 0.29) is 0 Å². The summed E-state index contributed by atoms with van der Waals surface area (Å²) >= 11 is 0. The monoisotopic (exact) mass is 242 g/mol. The maximum atomic E-state index is 10.2. The molecule has 0 saturated carbocycles. The number of benzene rings is 2. The van der Waals surface area contributed by atoms with Crippen molar-refractivity contribution in [2.24, 2.45) is 0 Å². The highest BCUT2D eigenvalue weighted by atomic mass is 16.5. The molecule has 0 atom stereocenters. The molecule has 3 heteroatoms. The molecule has 1 aliphatic heterocycles. The smallest absolute Gasteiger partial charge is 0.150 e. The van der Waals surface area contributed by atoms with Gasteiger partial charge in [-0.15, -0.1) is 0 Å². The molecule has 0 aliphatic carbocycles. The van der Waals surface area contributed by atoms with Gasteiger partial charge >= 0.3 is 0 Å². The molecule has 0 aromatic heterocycles. The zero-order valence-electron chi connectivity index (χ0n) is 10.1. The SMILES string of the molecule is COc1ccc(C=O)cc1.c1ccc2c(c1)CO2. The molecule has 0 fully saturated rings. The molecule has 2 aromatic rings. The molecule has 1 aliphatic rings. The molecule has 1 heterocycles. The van der Waals surface area contributed by atoms with Gasteiger partial charge in [-0.3, -0.25) is 4.79 Å². The summed E-state index contributed by atoms with van der Waals surface area (Å²) in [4.78, 5) is 10.2. The van der Waals surface area contributed by atoms with E-state index in [0.29, 0.717) is 5.56 Å². The number of methoxy groups -OCH3 is 1. The Balaban J connectivity index is 0.000000136. The zero-order chi connectivity index (χ0) is 12.8. The lowest BCUT2D eigenvalue weighted by molar-refractivity contribution is 0.112. The molecule has 3 rings (SSSR count). The average molecular weight is 242 g/mol. The standard InChI is InChI=1S/C8H8O2.C7H6O/c1-10-8-4-2-7(6-9)3-5-8;1-2-4-7-6(3-1)5-8-7/h2-6H,1H3;1-4H,5H2. The number of hydrogen-bond acceptors (Lipinski definition) is 3. The van der Waals surface area contributed by atoms with Gasteiger partial charge in [0.25, 0.3) is 0 Å². The minimum atomic E-state index is 0.667. The van der Waals surface area contributed by atoms with Gasteiger partial charge in [0, 0.05) is 11.1 Å². The normalized spacial score (nSPS) is 10.9. The van der Waals surface area contributed by atoms with Crippen LogP contribution >= 0.6 is 0 Å². The lowest BCUT2D eigenvalue weighted by atomic mass is 10.1. The van der Waals surface area contributed by atoms with E-state index < -0.39 is 0 Å². The summed E-state index contributed by atoms with van der Waals surface area (Å²) in [5.41, 5.74) is 1.99. The number of aldehydes is 1. The summed E-state index contributed by atoms with van der Waals surface area (Å²) in [7, 11) is 1.59. The number of carbonyl (C=O) groups is 1. The fourth-order valence-corrected chi connectivity index (χ4v) is 1.52. The van der Waals surface area contributed by atoms with E-state index in [1.54, 1.807) is 31.4 Å². The van der Waals surface area contributed by atoms with Crippen molar-refractivity contribution in [2.75, 3.05) is 7.11 Å². The molecular formula is C15H14O3. The molecule has 2 aromatic carbocycles. The van der Waals surface area contributed by atoms with Crippen molar-refractivity contribution in [3.63, 3.8) is 0 Å². The first-order valence-electron chi connectivity index (χ1n) is 5.63. The van der Waals surface area contributed by atoms with E-state index in [9.17, 15) is 4.79 Å². The Bertz CT molecular complexity index is 495. The molecule has 0 bridgehead atoms. The number of para-hydroxylation sites is 1. The highest BCUT2D eigenvalue weighted by molar-refractivity contribution is 5.74. The Kier molecular flexibility index (Phi) is 3.97. The number of rotatable bonds is 2. The summed E-state index contributed by atoms with van der Waals surface area (Å²) in [5, 5.41) is 0. The second-order valence-corrected chi connectivity index (χ2v) is 3.79. The van der Waals surface area contributed by atoms with Gasteiger partial charge < -0.3 is 9.47 Å². The van der Waals surface area contributed by atoms with Gasteiger partial charge in [0.05, 0.1) is 7.11 Å². The van der Waals surface area contributed by atoms with E-state index in [2.05, 4.69) is 6.07 Å². The second kappa shape index (κ2) is 5.87. The van der Waals surface area contributed by atoms with Crippen LogP contribution in [0.1, 0.15) is 15.9 Å². The van der Waals surface area contributed by atoms with Crippen LogP contribution in [-0.2, 0) is 6.61 Å². The van der Waals surface area contributed by atoms with Crippen LogP contribution in [0.2, 0.25) is 0 Å². The molecular weight excluding hydrogens is 228 g/mol. The van der Waals surface area contributed by atoms with Crippen LogP contribution in [-0.4, -0.2) is 13.4 Å². The van der Waals surface area contributed by atoms with Crippen LogP contribution in [0, 0.1) is 0 Å². The molecule has 0 saturated heterocycles. The Morgan fingerprint density at radius 3 is 2.22 bits per heavy atom. The first-order chi connectivity index (χ1) is 8.83. The Labute approximate surface area is 106 Å². The summed E-state index contributed by atoms with van der Waals surface area (Å²) in [6.45, 7) is 0.802. The number of ether oxygens (including phenoxy) is 2. The van der Waals surface area contributed by atoms with Crippen molar-refractivity contribution in [1.82, 2.24) is 0 Å². The summed E-state index contributed by atoms with van der Waals surface area (Å²) in [5.74, 6) is 1.82. The first kappa shape index (κ1) is 12.2. The van der Waals surface area contributed by atoms with Gasteiger partial charge in [0.15, 0.2) is 0 Å². The average Bonchev–Trinajstić information content (AvgIpc) is 2.41. The van der Waals surface area contributed by atoms with Gasteiger partial charge in [-0.25, -0.2) is 0 Å². The van der Waals surface area contributed by atoms with Crippen LogP contribution < -0.4 is 9.47 Å². The molecule has 3 nitrogen and oxygen atoms in total. The van der Waals surface area contributed by atoms with Gasteiger partial charge in [-0.1, -0.05) is 18.2 Å². The van der Waals surface area contributed by atoms with Crippen molar-refractivity contribution in [2.45, 2.75) is 6.61 Å². The molecule has 0 N–H and O–H groups in total. The highest BCUT2D eigenvalue weighted by Gasteiger charge is 2.10. The van der Waals surface area contributed by atoms with Crippen molar-refractivity contribution in [3.05, 3.63) is 59.7 Å². The number of fused-ring (bicyclic) bond motifs is 1. The third kappa shape index (κ3) is 2.88. The third-order valence-corrected chi connectivity index (χ3v) is 2.61. The first-order valence-corrected chi connectivity index (χ1v) is 5.63. The predicted octanol–water partition coefficient (Wildman–Crippen LogP) is 3.09. The maximum absolute atomic E-state index is 10.2. The van der Waals surface area contributed by atoms with Gasteiger partial charge in [-0.05, 0) is 30.3 Å². The second-order valence-electron chi connectivity index (χ2n) is 3.79. The molecule has 92 valence electrons. The van der Waals surface area contributed by atoms with Crippen molar-refractivity contribution >= 4 is 6.29 Å². The Morgan fingerprint density at radius 2 is 1.83 bits per heavy atom. The van der Waals surface area contributed by atoms with E-state index >= 15 is 0 Å². The maximum Gasteiger partial charge on any atom is 0.150 e. The molecule has 0 amide bonds. The van der Waals surface area contributed by atoms with Gasteiger partial charge in [0.1, 0.15) is 24.4 Å². The van der Waals surface area contributed by atoms with Crippen molar-refractivity contribution < 1.29 is 14.3 Å². The van der Waals surface area contributed by atoms with Crippen LogP contribution in [0.15, 0.2) is 48.5 Å². The summed E-state index contributed by atoms with van der Waals surface area (Å²) in [6, 6.07) is 15.0. The molecule has 0 spiro atoms. The fraction of sp³-hybridized carbons (Fsp3) is 0.133. The minimum absolute atomic E-state index is 0.667. The van der Waals surface area contributed by atoms with Crippen LogP contribution in [0.25, 0.3) is 0 Å². The Morgan fingerprint density at radius 1 is 1.11 bits per heavy atom. The largest absolute Gasteiger partial charge is 0.497 e. The van der Waals surface area contributed by atoms with E-state index in [1.807, 2.05) is 18.2 Å². The van der Waals surface area contributed by atoms with E-state index in [0.717, 1.165) is 24.4 Å². The Hall–Kier alpha value is -2.29. The predicted molar refractivity (Wildman–Crippen MR) is 69.2 cm³/mol. The lowest BCUT2D eigenvalue weighted by Gasteiger charge is -2.18. The third-order valence-electron chi connectivity index (χ3n) is 2.61. The summed E-state index contributed by atoms with van der Waals surface area (Å²) < 4.78 is 9.97. The topological polar surface area (TPSA) is 35.5 Å². The fourth-order valence-electron chi connectivity index (χ4n) is 1.52. The minimum Gasteiger partial charge on any atom is -0.497 e. The van der Waals surface area contributed by atoms with E-state index in [1.165, 1.54) is 5.56 Å². The summed E-state index contributed by atoms with van der Waals surface area (Å²) in [6.07, 6.45) is 0.805. The number of hydrogen-bond donors (Lipinski definition) is 0. The van der Waals surface area contributed by atoms with Crippen LogP contribution in [0.3, 0.4) is 0 Å². The zero-order valence-corrected chi connectivity index (χ0v) is 10.1. The quantitative estimate of drug-likeness (QED) is 0.759.